The molecule has 1 heterocycles. The number of aryl methyl sites for hydroxylation is 1. The van der Waals surface area contributed by atoms with Crippen LogP contribution in [0.3, 0.4) is 0 Å². The predicted molar refractivity (Wildman–Crippen MR) is 67.4 cm³/mol. The molecule has 0 aromatic carbocycles. The Bertz CT molecular complexity index is 302. The lowest BCUT2D eigenvalue weighted by molar-refractivity contribution is 0.188. The lowest BCUT2D eigenvalue weighted by Gasteiger charge is -2.13. The summed E-state index contributed by atoms with van der Waals surface area (Å²) in [7, 11) is 1.72. The summed E-state index contributed by atoms with van der Waals surface area (Å²) in [5.74, 6) is 0.832. The molecule has 1 N–H and O–H groups in total. The number of hydrogen-bond donors (Lipinski definition) is 1. The monoisotopic (exact) mass is 241 g/mol. The third-order valence-electron chi connectivity index (χ3n) is 2.40. The van der Waals surface area contributed by atoms with Crippen LogP contribution >= 0.6 is 0 Å². The van der Waals surface area contributed by atoms with E-state index in [1.807, 2.05) is 17.8 Å². The normalized spacial score (nSPS) is 12.6. The van der Waals surface area contributed by atoms with Crippen molar-refractivity contribution in [1.29, 1.82) is 0 Å². The highest BCUT2D eigenvalue weighted by atomic mass is 16.5. The summed E-state index contributed by atoms with van der Waals surface area (Å²) in [4.78, 5) is 0. The molecule has 0 aliphatic heterocycles. The molecule has 0 radical (unpaired) electrons. The maximum absolute atomic E-state index is 5.73. The molecular formula is C12H23N3O2. The van der Waals surface area contributed by atoms with Crippen LogP contribution in [-0.4, -0.2) is 42.7 Å². The molecule has 1 unspecified atom stereocenters. The van der Waals surface area contributed by atoms with E-state index in [1.165, 1.54) is 0 Å². The molecule has 17 heavy (non-hydrogen) atoms. The molecule has 98 valence electrons. The Morgan fingerprint density at radius 2 is 2.35 bits per heavy atom. The lowest BCUT2D eigenvalue weighted by atomic mass is 10.3. The molecule has 1 aromatic heterocycles. The summed E-state index contributed by atoms with van der Waals surface area (Å²) < 4.78 is 12.6. The SMILES string of the molecule is CCn1cc(OC(C)CNCCCOC)cn1. The van der Waals surface area contributed by atoms with Crippen molar-refractivity contribution in [3.8, 4) is 5.75 Å². The molecule has 0 aliphatic rings. The first kappa shape index (κ1) is 14.0. The standard InChI is InChI=1S/C12H23N3O2/c1-4-15-10-12(9-14-15)17-11(2)8-13-6-5-7-16-3/h9-11,13H,4-8H2,1-3H3. The number of methoxy groups -OCH3 is 1. The van der Waals surface area contributed by atoms with Crippen LogP contribution in [0.5, 0.6) is 5.75 Å². The van der Waals surface area contributed by atoms with Gasteiger partial charge in [-0.15, -0.1) is 0 Å². The maximum atomic E-state index is 5.73. The summed E-state index contributed by atoms with van der Waals surface area (Å²) in [5.41, 5.74) is 0. The zero-order chi connectivity index (χ0) is 12.5. The van der Waals surface area contributed by atoms with Gasteiger partial charge in [0.05, 0.1) is 12.4 Å². The Morgan fingerprint density at radius 3 is 3.00 bits per heavy atom. The lowest BCUT2D eigenvalue weighted by Crippen LogP contribution is -2.29. The number of ether oxygens (including phenoxy) is 2. The van der Waals surface area contributed by atoms with Crippen LogP contribution in [0.1, 0.15) is 20.3 Å². The molecule has 1 aromatic rings. The highest BCUT2D eigenvalue weighted by Gasteiger charge is 2.05. The van der Waals surface area contributed by atoms with Crippen molar-refractivity contribution in [2.75, 3.05) is 26.8 Å². The fourth-order valence-corrected chi connectivity index (χ4v) is 1.50. The molecule has 0 aliphatic carbocycles. The Labute approximate surface area is 103 Å². The average molecular weight is 241 g/mol. The summed E-state index contributed by atoms with van der Waals surface area (Å²) >= 11 is 0. The van der Waals surface area contributed by atoms with Crippen LogP contribution in [0, 0.1) is 0 Å². The third kappa shape index (κ3) is 5.70. The van der Waals surface area contributed by atoms with E-state index >= 15 is 0 Å². The minimum absolute atomic E-state index is 0.145. The number of aromatic nitrogens is 2. The summed E-state index contributed by atoms with van der Waals surface area (Å²) in [5, 5.41) is 7.49. The van der Waals surface area contributed by atoms with E-state index in [1.54, 1.807) is 13.3 Å². The largest absolute Gasteiger partial charge is 0.486 e. The fraction of sp³-hybridized carbons (Fsp3) is 0.750. The van der Waals surface area contributed by atoms with Crippen molar-refractivity contribution in [3.05, 3.63) is 12.4 Å². The van der Waals surface area contributed by atoms with E-state index < -0.39 is 0 Å². The van der Waals surface area contributed by atoms with Crippen LogP contribution in [0.2, 0.25) is 0 Å². The second kappa shape index (κ2) is 8.08. The van der Waals surface area contributed by atoms with Crippen LogP contribution in [0.15, 0.2) is 12.4 Å². The van der Waals surface area contributed by atoms with Crippen LogP contribution < -0.4 is 10.1 Å². The molecule has 5 nitrogen and oxygen atoms in total. The Hall–Kier alpha value is -1.07. The van der Waals surface area contributed by atoms with Crippen molar-refractivity contribution in [2.45, 2.75) is 32.9 Å². The van der Waals surface area contributed by atoms with Crippen molar-refractivity contribution >= 4 is 0 Å². The molecule has 0 spiro atoms. The van der Waals surface area contributed by atoms with Crippen molar-refractivity contribution in [1.82, 2.24) is 15.1 Å². The van der Waals surface area contributed by atoms with E-state index in [0.717, 1.165) is 38.4 Å². The molecule has 1 rings (SSSR count). The van der Waals surface area contributed by atoms with Gasteiger partial charge in [0.25, 0.3) is 0 Å². The van der Waals surface area contributed by atoms with Crippen LogP contribution in [0.25, 0.3) is 0 Å². The van der Waals surface area contributed by atoms with Crippen molar-refractivity contribution in [3.63, 3.8) is 0 Å². The average Bonchev–Trinajstić information content (AvgIpc) is 2.76. The maximum Gasteiger partial charge on any atom is 0.157 e. The quantitative estimate of drug-likeness (QED) is 0.662. The highest BCUT2D eigenvalue weighted by molar-refractivity contribution is 5.12. The highest BCUT2D eigenvalue weighted by Crippen LogP contribution is 2.09. The second-order valence-corrected chi connectivity index (χ2v) is 4.01. The van der Waals surface area contributed by atoms with Gasteiger partial charge < -0.3 is 14.8 Å². The Balaban J connectivity index is 2.13. The predicted octanol–water partition coefficient (Wildman–Crippen LogP) is 1.30. The molecule has 0 saturated heterocycles. The number of hydrogen-bond acceptors (Lipinski definition) is 4. The van der Waals surface area contributed by atoms with E-state index in [2.05, 4.69) is 17.3 Å². The van der Waals surface area contributed by atoms with Gasteiger partial charge in [0, 0.05) is 26.8 Å². The number of nitrogens with zero attached hydrogens (tertiary/aromatic N) is 2. The Morgan fingerprint density at radius 1 is 1.53 bits per heavy atom. The van der Waals surface area contributed by atoms with E-state index in [4.69, 9.17) is 9.47 Å². The van der Waals surface area contributed by atoms with Crippen molar-refractivity contribution in [2.24, 2.45) is 0 Å². The third-order valence-corrected chi connectivity index (χ3v) is 2.40. The summed E-state index contributed by atoms with van der Waals surface area (Å²) in [6.07, 6.45) is 4.84. The zero-order valence-electron chi connectivity index (χ0n) is 11.0. The molecule has 0 amide bonds. The first-order valence-electron chi connectivity index (χ1n) is 6.15. The van der Waals surface area contributed by atoms with Gasteiger partial charge in [-0.2, -0.15) is 5.10 Å². The van der Waals surface area contributed by atoms with Gasteiger partial charge >= 0.3 is 0 Å². The minimum atomic E-state index is 0.145. The van der Waals surface area contributed by atoms with Gasteiger partial charge in [-0.3, -0.25) is 4.68 Å². The smallest absolute Gasteiger partial charge is 0.157 e. The molecule has 5 heteroatoms. The summed E-state index contributed by atoms with van der Waals surface area (Å²) in [6.45, 7) is 7.56. The van der Waals surface area contributed by atoms with Crippen LogP contribution in [0.4, 0.5) is 0 Å². The minimum Gasteiger partial charge on any atom is -0.486 e. The topological polar surface area (TPSA) is 48.3 Å². The Kier molecular flexibility index (Phi) is 6.65. The van der Waals surface area contributed by atoms with E-state index in [-0.39, 0.29) is 6.10 Å². The van der Waals surface area contributed by atoms with Gasteiger partial charge in [0.1, 0.15) is 6.10 Å². The molecule has 1 atom stereocenters. The zero-order valence-corrected chi connectivity index (χ0v) is 11.0. The van der Waals surface area contributed by atoms with Gasteiger partial charge in [-0.1, -0.05) is 0 Å². The summed E-state index contributed by atoms with van der Waals surface area (Å²) in [6, 6.07) is 0. The molecular weight excluding hydrogens is 218 g/mol. The number of nitrogens with one attached hydrogen (secondary N) is 1. The molecule has 0 fully saturated rings. The first-order chi connectivity index (χ1) is 8.26. The first-order valence-corrected chi connectivity index (χ1v) is 6.15. The van der Waals surface area contributed by atoms with Gasteiger partial charge in [-0.25, -0.2) is 0 Å². The van der Waals surface area contributed by atoms with Crippen molar-refractivity contribution < 1.29 is 9.47 Å². The second-order valence-electron chi connectivity index (χ2n) is 4.01. The van der Waals surface area contributed by atoms with Gasteiger partial charge in [0.15, 0.2) is 5.75 Å². The molecule has 0 bridgehead atoms. The molecule has 0 saturated carbocycles. The van der Waals surface area contributed by atoms with Crippen LogP contribution in [-0.2, 0) is 11.3 Å². The van der Waals surface area contributed by atoms with E-state index in [0.29, 0.717) is 0 Å². The fourth-order valence-electron chi connectivity index (χ4n) is 1.50. The van der Waals surface area contributed by atoms with E-state index in [9.17, 15) is 0 Å². The van der Waals surface area contributed by atoms with Gasteiger partial charge in [0.2, 0.25) is 0 Å². The van der Waals surface area contributed by atoms with Gasteiger partial charge in [-0.05, 0) is 26.8 Å². The number of rotatable bonds is 9.